The first-order valence-electron chi connectivity index (χ1n) is 7.27. The third kappa shape index (κ3) is 4.12. The van der Waals surface area contributed by atoms with Gasteiger partial charge in [-0.15, -0.1) is 11.3 Å². The highest BCUT2D eigenvalue weighted by molar-refractivity contribution is 7.09. The molecule has 2 N–H and O–H groups in total. The lowest BCUT2D eigenvalue weighted by atomic mass is 10.1. The van der Waals surface area contributed by atoms with Crippen molar-refractivity contribution in [1.29, 1.82) is 0 Å². The van der Waals surface area contributed by atoms with E-state index in [4.69, 9.17) is 0 Å². The largest absolute Gasteiger partial charge is 0.342 e. The van der Waals surface area contributed by atoms with Crippen molar-refractivity contribution in [3.8, 4) is 0 Å². The highest BCUT2D eigenvalue weighted by Crippen LogP contribution is 2.27. The van der Waals surface area contributed by atoms with Crippen LogP contribution in [-0.2, 0) is 4.79 Å². The van der Waals surface area contributed by atoms with Crippen molar-refractivity contribution in [2.75, 3.05) is 13.1 Å². The van der Waals surface area contributed by atoms with Crippen molar-refractivity contribution >= 4 is 17.2 Å². The molecule has 1 saturated carbocycles. The molecule has 2 aromatic rings. The fourth-order valence-electron chi connectivity index (χ4n) is 2.23. The number of carbonyl (C=O) groups is 1. The number of benzene rings is 1. The van der Waals surface area contributed by atoms with Gasteiger partial charge in [0.15, 0.2) is 0 Å². The zero-order valence-electron chi connectivity index (χ0n) is 11.8. The second-order valence-corrected chi connectivity index (χ2v) is 6.28. The van der Waals surface area contributed by atoms with E-state index in [0.29, 0.717) is 6.54 Å². The Morgan fingerprint density at radius 1 is 1.33 bits per heavy atom. The SMILES string of the molecule is O=C(CNCC1CC1)NC(c1ccccc1)c1nccs1. The summed E-state index contributed by atoms with van der Waals surface area (Å²) in [6.45, 7) is 1.31. The van der Waals surface area contributed by atoms with Gasteiger partial charge in [0.25, 0.3) is 0 Å². The predicted molar refractivity (Wildman–Crippen MR) is 84.1 cm³/mol. The summed E-state index contributed by atoms with van der Waals surface area (Å²) in [4.78, 5) is 16.5. The van der Waals surface area contributed by atoms with Gasteiger partial charge in [0, 0.05) is 11.6 Å². The molecule has 4 nitrogen and oxygen atoms in total. The molecule has 0 radical (unpaired) electrons. The Hall–Kier alpha value is -1.72. The summed E-state index contributed by atoms with van der Waals surface area (Å²) in [5, 5.41) is 9.14. The lowest BCUT2D eigenvalue weighted by molar-refractivity contribution is -0.120. The molecule has 0 spiro atoms. The maximum absolute atomic E-state index is 12.1. The van der Waals surface area contributed by atoms with Gasteiger partial charge in [-0.05, 0) is 30.9 Å². The minimum absolute atomic E-state index is 0.0136. The standard InChI is InChI=1S/C16H19N3OS/c20-14(11-17-10-12-6-7-12)19-15(16-18-8-9-21-16)13-4-2-1-3-5-13/h1-5,8-9,12,15,17H,6-7,10-11H2,(H,19,20). The third-order valence-corrected chi connectivity index (χ3v) is 4.39. The second-order valence-electron chi connectivity index (χ2n) is 5.36. The number of nitrogens with one attached hydrogen (secondary N) is 2. The Morgan fingerprint density at radius 3 is 2.81 bits per heavy atom. The van der Waals surface area contributed by atoms with E-state index >= 15 is 0 Å². The summed E-state index contributed by atoms with van der Waals surface area (Å²) in [5.41, 5.74) is 1.06. The number of thiazole rings is 1. The van der Waals surface area contributed by atoms with Gasteiger partial charge < -0.3 is 10.6 Å². The molecule has 0 saturated heterocycles. The van der Waals surface area contributed by atoms with Crippen molar-refractivity contribution in [3.63, 3.8) is 0 Å². The van der Waals surface area contributed by atoms with E-state index in [0.717, 1.165) is 23.0 Å². The van der Waals surface area contributed by atoms with Crippen LogP contribution in [-0.4, -0.2) is 24.0 Å². The molecule has 1 aromatic heterocycles. The van der Waals surface area contributed by atoms with E-state index in [-0.39, 0.29) is 11.9 Å². The summed E-state index contributed by atoms with van der Waals surface area (Å²) in [6.07, 6.45) is 4.36. The monoisotopic (exact) mass is 301 g/mol. The predicted octanol–water partition coefficient (Wildman–Crippen LogP) is 2.35. The first-order valence-corrected chi connectivity index (χ1v) is 8.15. The van der Waals surface area contributed by atoms with E-state index in [1.807, 2.05) is 35.7 Å². The van der Waals surface area contributed by atoms with Crippen LogP contribution in [0.25, 0.3) is 0 Å². The quantitative estimate of drug-likeness (QED) is 0.825. The third-order valence-electron chi connectivity index (χ3n) is 3.55. The van der Waals surface area contributed by atoms with Crippen LogP contribution in [0.5, 0.6) is 0 Å². The molecule has 3 rings (SSSR count). The summed E-state index contributed by atoms with van der Waals surface area (Å²) >= 11 is 1.56. The lowest BCUT2D eigenvalue weighted by Gasteiger charge is -2.17. The lowest BCUT2D eigenvalue weighted by Crippen LogP contribution is -2.37. The van der Waals surface area contributed by atoms with Gasteiger partial charge in [0.05, 0.1) is 6.54 Å². The fraction of sp³-hybridized carbons (Fsp3) is 0.375. The van der Waals surface area contributed by atoms with E-state index in [2.05, 4.69) is 15.6 Å². The van der Waals surface area contributed by atoms with Gasteiger partial charge in [-0.1, -0.05) is 30.3 Å². The Kier molecular flexibility index (Phi) is 4.62. The molecular formula is C16H19N3OS. The number of nitrogens with zero attached hydrogens (tertiary/aromatic N) is 1. The topological polar surface area (TPSA) is 54.0 Å². The highest BCUT2D eigenvalue weighted by Gasteiger charge is 2.22. The maximum atomic E-state index is 12.1. The molecule has 1 atom stereocenters. The molecule has 0 aliphatic heterocycles. The molecule has 1 heterocycles. The number of amides is 1. The molecule has 1 aliphatic rings. The van der Waals surface area contributed by atoms with Crippen molar-refractivity contribution in [2.24, 2.45) is 5.92 Å². The van der Waals surface area contributed by atoms with Crippen LogP contribution in [0.1, 0.15) is 29.5 Å². The molecule has 1 unspecified atom stereocenters. The molecule has 110 valence electrons. The van der Waals surface area contributed by atoms with Crippen LogP contribution in [0, 0.1) is 5.92 Å². The van der Waals surface area contributed by atoms with Gasteiger partial charge in [0.1, 0.15) is 11.0 Å². The number of hydrogen-bond donors (Lipinski definition) is 2. The van der Waals surface area contributed by atoms with Crippen LogP contribution in [0.15, 0.2) is 41.9 Å². The zero-order chi connectivity index (χ0) is 14.5. The Labute approximate surface area is 128 Å². The second kappa shape index (κ2) is 6.83. The van der Waals surface area contributed by atoms with E-state index in [1.54, 1.807) is 17.5 Å². The van der Waals surface area contributed by atoms with Gasteiger partial charge in [-0.2, -0.15) is 0 Å². The first-order chi connectivity index (χ1) is 10.3. The molecule has 1 fully saturated rings. The Balaban J connectivity index is 1.63. The molecule has 5 heteroatoms. The average molecular weight is 301 g/mol. The molecule has 1 aromatic carbocycles. The number of rotatable bonds is 7. The molecular weight excluding hydrogens is 282 g/mol. The fourth-order valence-corrected chi connectivity index (χ4v) is 2.95. The summed E-state index contributed by atoms with van der Waals surface area (Å²) in [5.74, 6) is 0.793. The van der Waals surface area contributed by atoms with Crippen LogP contribution in [0.2, 0.25) is 0 Å². The van der Waals surface area contributed by atoms with Crippen LogP contribution in [0.4, 0.5) is 0 Å². The van der Waals surface area contributed by atoms with Crippen molar-refractivity contribution in [2.45, 2.75) is 18.9 Å². The Bertz CT molecular complexity index is 566. The minimum atomic E-state index is -0.165. The number of carbonyl (C=O) groups excluding carboxylic acids is 1. The summed E-state index contributed by atoms with van der Waals surface area (Å²) < 4.78 is 0. The van der Waals surface area contributed by atoms with Crippen LogP contribution in [0.3, 0.4) is 0 Å². The molecule has 1 aliphatic carbocycles. The molecule has 0 bridgehead atoms. The van der Waals surface area contributed by atoms with Gasteiger partial charge >= 0.3 is 0 Å². The van der Waals surface area contributed by atoms with E-state index < -0.39 is 0 Å². The zero-order valence-corrected chi connectivity index (χ0v) is 12.6. The van der Waals surface area contributed by atoms with Gasteiger partial charge in [-0.25, -0.2) is 4.98 Å². The molecule has 21 heavy (non-hydrogen) atoms. The summed E-state index contributed by atoms with van der Waals surface area (Å²) in [7, 11) is 0. The van der Waals surface area contributed by atoms with Crippen LogP contribution >= 0.6 is 11.3 Å². The average Bonchev–Trinajstić information content (AvgIpc) is 3.17. The smallest absolute Gasteiger partial charge is 0.234 e. The number of hydrogen-bond acceptors (Lipinski definition) is 4. The van der Waals surface area contributed by atoms with E-state index in [1.165, 1.54) is 12.8 Å². The van der Waals surface area contributed by atoms with Gasteiger partial charge in [0.2, 0.25) is 5.91 Å². The Morgan fingerprint density at radius 2 is 2.14 bits per heavy atom. The van der Waals surface area contributed by atoms with Crippen LogP contribution < -0.4 is 10.6 Å². The maximum Gasteiger partial charge on any atom is 0.234 e. The van der Waals surface area contributed by atoms with Gasteiger partial charge in [-0.3, -0.25) is 4.79 Å². The molecule has 1 amide bonds. The van der Waals surface area contributed by atoms with E-state index in [9.17, 15) is 4.79 Å². The minimum Gasteiger partial charge on any atom is -0.342 e. The highest BCUT2D eigenvalue weighted by atomic mass is 32.1. The first kappa shape index (κ1) is 14.2. The van der Waals surface area contributed by atoms with Crippen molar-refractivity contribution in [1.82, 2.24) is 15.6 Å². The number of aromatic nitrogens is 1. The summed E-state index contributed by atoms with van der Waals surface area (Å²) in [6, 6.07) is 9.80. The normalized spacial score (nSPS) is 15.6. The van der Waals surface area contributed by atoms with Crippen molar-refractivity contribution in [3.05, 3.63) is 52.5 Å². The van der Waals surface area contributed by atoms with Crippen molar-refractivity contribution < 1.29 is 4.79 Å².